The zero-order valence-electron chi connectivity index (χ0n) is 11.7. The number of hydrogen-bond acceptors (Lipinski definition) is 3. The van der Waals surface area contributed by atoms with Crippen molar-refractivity contribution in [2.45, 2.75) is 45.2 Å². The van der Waals surface area contributed by atoms with E-state index in [0.717, 1.165) is 19.1 Å². The molecule has 3 nitrogen and oxygen atoms in total. The van der Waals surface area contributed by atoms with E-state index in [1.54, 1.807) is 0 Å². The highest BCUT2D eigenvalue weighted by molar-refractivity contribution is 4.91. The average Bonchev–Trinajstić information content (AvgIpc) is 2.62. The van der Waals surface area contributed by atoms with Gasteiger partial charge in [-0.2, -0.15) is 0 Å². The molecule has 0 amide bonds. The fourth-order valence-corrected chi connectivity index (χ4v) is 2.57. The first-order valence-corrected chi connectivity index (χ1v) is 6.53. The standard InChI is InChI=1S/C13H29N3/c1-11(2)13(3,10-14)16(5)9-12-7-6-8-15(12)4/h11-12H,6-10,14H2,1-5H3. The van der Waals surface area contributed by atoms with E-state index in [9.17, 15) is 0 Å². The second kappa shape index (κ2) is 5.48. The van der Waals surface area contributed by atoms with Crippen molar-refractivity contribution in [2.75, 3.05) is 33.7 Å². The Balaban J connectivity index is 2.58. The average molecular weight is 227 g/mol. The van der Waals surface area contributed by atoms with Crippen LogP contribution in [0.1, 0.15) is 33.6 Å². The Labute approximate surface area is 101 Å². The Morgan fingerprint density at radius 3 is 2.50 bits per heavy atom. The third-order valence-corrected chi connectivity index (χ3v) is 4.69. The fourth-order valence-electron chi connectivity index (χ4n) is 2.57. The second-order valence-corrected chi connectivity index (χ2v) is 5.87. The number of nitrogens with zero attached hydrogens (tertiary/aromatic N) is 2. The van der Waals surface area contributed by atoms with Crippen LogP contribution >= 0.6 is 0 Å². The van der Waals surface area contributed by atoms with Crippen LogP contribution in [-0.2, 0) is 0 Å². The first-order valence-electron chi connectivity index (χ1n) is 6.53. The molecule has 96 valence electrons. The van der Waals surface area contributed by atoms with Crippen LogP contribution in [0.5, 0.6) is 0 Å². The minimum Gasteiger partial charge on any atom is -0.329 e. The highest BCUT2D eigenvalue weighted by Crippen LogP contribution is 2.25. The molecular weight excluding hydrogens is 198 g/mol. The lowest BCUT2D eigenvalue weighted by atomic mass is 9.86. The quantitative estimate of drug-likeness (QED) is 0.770. The van der Waals surface area contributed by atoms with E-state index in [4.69, 9.17) is 5.73 Å². The molecule has 1 aliphatic heterocycles. The van der Waals surface area contributed by atoms with E-state index < -0.39 is 0 Å². The van der Waals surface area contributed by atoms with Crippen LogP contribution in [-0.4, -0.2) is 55.1 Å². The topological polar surface area (TPSA) is 32.5 Å². The molecular formula is C13H29N3. The Hall–Kier alpha value is -0.120. The highest BCUT2D eigenvalue weighted by atomic mass is 15.2. The third-order valence-electron chi connectivity index (χ3n) is 4.69. The normalized spacial score (nSPS) is 26.6. The minimum atomic E-state index is 0.128. The van der Waals surface area contributed by atoms with Crippen molar-refractivity contribution in [1.82, 2.24) is 9.80 Å². The van der Waals surface area contributed by atoms with Gasteiger partial charge in [-0.05, 0) is 46.3 Å². The van der Waals surface area contributed by atoms with Gasteiger partial charge in [0.05, 0.1) is 0 Å². The molecule has 0 aromatic heterocycles. The predicted octanol–water partition coefficient (Wildman–Crippen LogP) is 1.39. The molecule has 1 saturated heterocycles. The summed E-state index contributed by atoms with van der Waals surface area (Å²) in [5.41, 5.74) is 6.09. The molecule has 0 aromatic carbocycles. The molecule has 0 radical (unpaired) electrons. The van der Waals surface area contributed by atoms with Crippen LogP contribution in [0.4, 0.5) is 0 Å². The summed E-state index contributed by atoms with van der Waals surface area (Å²) < 4.78 is 0. The van der Waals surface area contributed by atoms with Gasteiger partial charge in [-0.1, -0.05) is 13.8 Å². The van der Waals surface area contributed by atoms with Crippen molar-refractivity contribution in [3.63, 3.8) is 0 Å². The maximum absolute atomic E-state index is 5.96. The van der Waals surface area contributed by atoms with Gasteiger partial charge < -0.3 is 10.6 Å². The summed E-state index contributed by atoms with van der Waals surface area (Å²) >= 11 is 0. The number of likely N-dealkylation sites (N-methyl/N-ethyl adjacent to an activating group) is 2. The Morgan fingerprint density at radius 2 is 2.12 bits per heavy atom. The maximum Gasteiger partial charge on any atom is 0.0324 e. The van der Waals surface area contributed by atoms with Gasteiger partial charge in [0.1, 0.15) is 0 Å². The van der Waals surface area contributed by atoms with E-state index >= 15 is 0 Å². The zero-order valence-corrected chi connectivity index (χ0v) is 11.7. The summed E-state index contributed by atoms with van der Waals surface area (Å²) in [7, 11) is 4.46. The van der Waals surface area contributed by atoms with Crippen LogP contribution in [0.25, 0.3) is 0 Å². The molecule has 2 unspecified atom stereocenters. The number of nitrogens with two attached hydrogens (primary N) is 1. The van der Waals surface area contributed by atoms with Crippen molar-refractivity contribution in [3.05, 3.63) is 0 Å². The van der Waals surface area contributed by atoms with Gasteiger partial charge in [0, 0.05) is 24.7 Å². The van der Waals surface area contributed by atoms with Crippen molar-refractivity contribution < 1.29 is 0 Å². The lowest BCUT2D eigenvalue weighted by Gasteiger charge is -2.43. The van der Waals surface area contributed by atoms with Crippen LogP contribution in [0.15, 0.2) is 0 Å². The number of likely N-dealkylation sites (tertiary alicyclic amines) is 1. The minimum absolute atomic E-state index is 0.128. The molecule has 0 spiro atoms. The van der Waals surface area contributed by atoms with Gasteiger partial charge >= 0.3 is 0 Å². The van der Waals surface area contributed by atoms with Crippen molar-refractivity contribution in [3.8, 4) is 0 Å². The smallest absolute Gasteiger partial charge is 0.0324 e. The number of rotatable bonds is 5. The molecule has 2 N–H and O–H groups in total. The Morgan fingerprint density at radius 1 is 1.50 bits per heavy atom. The molecule has 0 saturated carbocycles. The molecule has 1 rings (SSSR count). The molecule has 1 fully saturated rings. The zero-order chi connectivity index (χ0) is 12.3. The summed E-state index contributed by atoms with van der Waals surface area (Å²) in [4.78, 5) is 4.94. The van der Waals surface area contributed by atoms with Gasteiger partial charge in [0.2, 0.25) is 0 Å². The van der Waals surface area contributed by atoms with Crippen molar-refractivity contribution in [1.29, 1.82) is 0 Å². The largest absolute Gasteiger partial charge is 0.329 e. The molecule has 1 heterocycles. The molecule has 0 aliphatic carbocycles. The molecule has 1 aliphatic rings. The lowest BCUT2D eigenvalue weighted by Crippen LogP contribution is -2.56. The SMILES string of the molecule is CC(C)C(C)(CN)N(C)CC1CCCN1C. The van der Waals surface area contributed by atoms with Crippen molar-refractivity contribution in [2.24, 2.45) is 11.7 Å². The van der Waals surface area contributed by atoms with E-state index in [0.29, 0.717) is 5.92 Å². The van der Waals surface area contributed by atoms with E-state index in [2.05, 4.69) is 44.7 Å². The van der Waals surface area contributed by atoms with E-state index in [-0.39, 0.29) is 5.54 Å². The van der Waals surface area contributed by atoms with Crippen LogP contribution < -0.4 is 5.73 Å². The van der Waals surface area contributed by atoms with Crippen LogP contribution in [0.2, 0.25) is 0 Å². The summed E-state index contributed by atoms with van der Waals surface area (Å²) in [5.74, 6) is 0.592. The highest BCUT2D eigenvalue weighted by Gasteiger charge is 2.34. The summed E-state index contributed by atoms with van der Waals surface area (Å²) in [6, 6.07) is 0.717. The molecule has 3 heteroatoms. The maximum atomic E-state index is 5.96. The van der Waals surface area contributed by atoms with Gasteiger partial charge in [0.25, 0.3) is 0 Å². The molecule has 16 heavy (non-hydrogen) atoms. The van der Waals surface area contributed by atoms with Gasteiger partial charge in [-0.25, -0.2) is 0 Å². The monoisotopic (exact) mass is 227 g/mol. The van der Waals surface area contributed by atoms with Crippen LogP contribution in [0, 0.1) is 5.92 Å². The van der Waals surface area contributed by atoms with E-state index in [1.165, 1.54) is 19.4 Å². The molecule has 0 aromatic rings. The summed E-state index contributed by atoms with van der Waals surface area (Å²) in [6.45, 7) is 9.94. The van der Waals surface area contributed by atoms with Gasteiger partial charge in [-0.3, -0.25) is 4.90 Å². The van der Waals surface area contributed by atoms with Crippen molar-refractivity contribution >= 4 is 0 Å². The lowest BCUT2D eigenvalue weighted by molar-refractivity contribution is 0.0716. The van der Waals surface area contributed by atoms with E-state index in [1.807, 2.05) is 0 Å². The molecule has 2 atom stereocenters. The number of hydrogen-bond donors (Lipinski definition) is 1. The first kappa shape index (κ1) is 13.9. The fraction of sp³-hybridized carbons (Fsp3) is 1.00. The summed E-state index contributed by atoms with van der Waals surface area (Å²) in [5, 5.41) is 0. The molecule has 0 bridgehead atoms. The third kappa shape index (κ3) is 2.76. The van der Waals surface area contributed by atoms with Crippen LogP contribution in [0.3, 0.4) is 0 Å². The Kier molecular flexibility index (Phi) is 4.77. The second-order valence-electron chi connectivity index (χ2n) is 5.87. The Bertz CT molecular complexity index is 217. The first-order chi connectivity index (χ1) is 7.41. The van der Waals surface area contributed by atoms with Gasteiger partial charge in [-0.15, -0.1) is 0 Å². The summed E-state index contributed by atoms with van der Waals surface area (Å²) in [6.07, 6.45) is 2.68. The predicted molar refractivity (Wildman–Crippen MR) is 70.6 cm³/mol. The van der Waals surface area contributed by atoms with Gasteiger partial charge in [0.15, 0.2) is 0 Å².